The van der Waals surface area contributed by atoms with Crippen LogP contribution in [0.4, 0.5) is 15.9 Å². The molecule has 0 unspecified atom stereocenters. The van der Waals surface area contributed by atoms with Crippen molar-refractivity contribution < 1.29 is 9.18 Å². The van der Waals surface area contributed by atoms with E-state index in [2.05, 4.69) is 10.3 Å². The van der Waals surface area contributed by atoms with Crippen molar-refractivity contribution in [2.75, 3.05) is 11.1 Å². The number of carbonyl (C=O) groups excluding carboxylic acids is 1. The highest BCUT2D eigenvalue weighted by Gasteiger charge is 2.10. The van der Waals surface area contributed by atoms with Gasteiger partial charge in [-0.3, -0.25) is 4.79 Å². The Labute approximate surface area is 120 Å². The van der Waals surface area contributed by atoms with Crippen molar-refractivity contribution >= 4 is 29.0 Å². The lowest BCUT2D eigenvalue weighted by Crippen LogP contribution is -2.13. The lowest BCUT2D eigenvalue weighted by atomic mass is 10.1. The van der Waals surface area contributed by atoms with E-state index < -0.39 is 11.7 Å². The number of amides is 1. The molecule has 0 aliphatic rings. The third kappa shape index (κ3) is 3.45. The van der Waals surface area contributed by atoms with Gasteiger partial charge in [0.25, 0.3) is 5.91 Å². The second kappa shape index (κ2) is 5.88. The maximum absolute atomic E-state index is 13.2. The van der Waals surface area contributed by atoms with Crippen LogP contribution in [0.2, 0.25) is 5.02 Å². The third-order valence-electron chi connectivity index (χ3n) is 2.64. The van der Waals surface area contributed by atoms with Gasteiger partial charge in [-0.05, 0) is 36.8 Å². The fourth-order valence-corrected chi connectivity index (χ4v) is 1.97. The van der Waals surface area contributed by atoms with Crippen molar-refractivity contribution in [3.05, 3.63) is 52.4 Å². The van der Waals surface area contributed by atoms with E-state index in [0.29, 0.717) is 17.7 Å². The molecule has 1 aromatic heterocycles. The molecule has 6 heteroatoms. The fourth-order valence-electron chi connectivity index (χ4n) is 1.75. The Balaban J connectivity index is 2.25. The van der Waals surface area contributed by atoms with Crippen LogP contribution in [0.1, 0.15) is 23.0 Å². The Morgan fingerprint density at radius 2 is 2.10 bits per heavy atom. The van der Waals surface area contributed by atoms with Gasteiger partial charge in [0, 0.05) is 22.0 Å². The molecule has 0 saturated carbocycles. The number of nitrogens with two attached hydrogens (primary N) is 1. The molecule has 3 N–H and O–H groups in total. The Bertz CT molecular complexity index is 641. The molecular weight excluding hydrogens is 281 g/mol. The number of aromatic nitrogens is 1. The number of carbonyl (C=O) groups is 1. The predicted molar refractivity (Wildman–Crippen MR) is 77.4 cm³/mol. The smallest absolute Gasteiger partial charge is 0.255 e. The largest absolute Gasteiger partial charge is 0.384 e. The van der Waals surface area contributed by atoms with Crippen LogP contribution in [0.3, 0.4) is 0 Å². The van der Waals surface area contributed by atoms with Crippen LogP contribution >= 0.6 is 11.6 Å². The number of aryl methyl sites for hydroxylation is 1. The number of halogens is 2. The normalized spacial score (nSPS) is 10.3. The zero-order chi connectivity index (χ0) is 14.7. The first kappa shape index (κ1) is 14.3. The van der Waals surface area contributed by atoms with Crippen LogP contribution in [-0.2, 0) is 6.42 Å². The van der Waals surface area contributed by atoms with Gasteiger partial charge in [0.05, 0.1) is 0 Å². The lowest BCUT2D eigenvalue weighted by Gasteiger charge is -2.08. The second-order valence-electron chi connectivity index (χ2n) is 4.24. The molecule has 4 nitrogen and oxygen atoms in total. The molecule has 1 heterocycles. The van der Waals surface area contributed by atoms with Gasteiger partial charge in [-0.15, -0.1) is 0 Å². The van der Waals surface area contributed by atoms with Gasteiger partial charge in [-0.2, -0.15) is 0 Å². The monoisotopic (exact) mass is 293 g/mol. The van der Waals surface area contributed by atoms with Crippen LogP contribution in [0.5, 0.6) is 0 Å². The minimum absolute atomic E-state index is 0.212. The summed E-state index contributed by atoms with van der Waals surface area (Å²) in [5.41, 5.74) is 7.01. The van der Waals surface area contributed by atoms with E-state index in [4.69, 9.17) is 17.3 Å². The lowest BCUT2D eigenvalue weighted by molar-refractivity contribution is 0.102. The number of benzene rings is 1. The van der Waals surface area contributed by atoms with E-state index in [-0.39, 0.29) is 16.5 Å². The van der Waals surface area contributed by atoms with Gasteiger partial charge in [0.15, 0.2) is 0 Å². The summed E-state index contributed by atoms with van der Waals surface area (Å²) in [6, 6.07) is 6.93. The molecule has 0 atom stereocenters. The van der Waals surface area contributed by atoms with E-state index in [1.165, 1.54) is 18.2 Å². The van der Waals surface area contributed by atoms with Crippen molar-refractivity contribution in [3.8, 4) is 0 Å². The molecule has 1 aromatic carbocycles. The van der Waals surface area contributed by atoms with Crippen LogP contribution in [0, 0.1) is 5.82 Å². The summed E-state index contributed by atoms with van der Waals surface area (Å²) < 4.78 is 13.2. The van der Waals surface area contributed by atoms with E-state index in [0.717, 1.165) is 6.07 Å². The highest BCUT2D eigenvalue weighted by atomic mass is 35.5. The number of rotatable bonds is 3. The maximum atomic E-state index is 13.2. The molecule has 104 valence electrons. The second-order valence-corrected chi connectivity index (χ2v) is 4.67. The Hall–Kier alpha value is -2.14. The van der Waals surface area contributed by atoms with E-state index in [9.17, 15) is 9.18 Å². The summed E-state index contributed by atoms with van der Waals surface area (Å²) in [6.07, 6.45) is 0.664. The molecule has 0 fully saturated rings. The van der Waals surface area contributed by atoms with Gasteiger partial charge in [-0.25, -0.2) is 9.37 Å². The van der Waals surface area contributed by atoms with E-state index >= 15 is 0 Å². The minimum Gasteiger partial charge on any atom is -0.384 e. The summed E-state index contributed by atoms with van der Waals surface area (Å²) in [5.74, 6) is -0.640. The predicted octanol–water partition coefficient (Wildman–Crippen LogP) is 3.27. The van der Waals surface area contributed by atoms with Crippen LogP contribution in [-0.4, -0.2) is 10.9 Å². The fraction of sp³-hybridized carbons (Fsp3) is 0.143. The standard InChI is InChI=1S/C14H13ClFN3O/c1-2-11-3-8(4-13(17)18-11)14(20)19-12-6-9(15)5-10(16)7-12/h3-7H,2H2,1H3,(H2,17,18)(H,19,20). The van der Waals surface area contributed by atoms with Crippen molar-refractivity contribution in [3.63, 3.8) is 0 Å². The van der Waals surface area contributed by atoms with E-state index in [1.807, 2.05) is 6.92 Å². The van der Waals surface area contributed by atoms with Gasteiger partial charge >= 0.3 is 0 Å². The van der Waals surface area contributed by atoms with Crippen LogP contribution < -0.4 is 11.1 Å². The summed E-state index contributed by atoms with van der Waals surface area (Å²) in [4.78, 5) is 16.2. The van der Waals surface area contributed by atoms with Gasteiger partial charge in [0.1, 0.15) is 11.6 Å². The molecule has 1 amide bonds. The molecule has 0 bridgehead atoms. The molecule has 20 heavy (non-hydrogen) atoms. The molecule has 0 aliphatic carbocycles. The number of hydrogen-bond donors (Lipinski definition) is 2. The summed E-state index contributed by atoms with van der Waals surface area (Å²) >= 11 is 5.73. The highest BCUT2D eigenvalue weighted by Crippen LogP contribution is 2.19. The number of pyridine rings is 1. The van der Waals surface area contributed by atoms with Crippen molar-refractivity contribution in [2.24, 2.45) is 0 Å². The maximum Gasteiger partial charge on any atom is 0.255 e. The number of nitrogens with zero attached hydrogens (tertiary/aromatic N) is 1. The number of anilines is 2. The molecule has 2 aromatic rings. The quantitative estimate of drug-likeness (QED) is 0.912. The van der Waals surface area contributed by atoms with Gasteiger partial charge in [-0.1, -0.05) is 18.5 Å². The molecule has 0 saturated heterocycles. The Kier molecular flexibility index (Phi) is 4.20. The number of nitrogens with one attached hydrogen (secondary N) is 1. The summed E-state index contributed by atoms with van der Waals surface area (Å²) in [6.45, 7) is 1.91. The Morgan fingerprint density at radius 3 is 2.75 bits per heavy atom. The van der Waals surface area contributed by atoms with Crippen LogP contribution in [0.15, 0.2) is 30.3 Å². The molecule has 0 aliphatic heterocycles. The first-order valence-corrected chi connectivity index (χ1v) is 6.39. The zero-order valence-corrected chi connectivity index (χ0v) is 11.5. The first-order valence-electron chi connectivity index (χ1n) is 6.02. The molecule has 0 spiro atoms. The van der Waals surface area contributed by atoms with Crippen LogP contribution in [0.25, 0.3) is 0 Å². The van der Waals surface area contributed by atoms with Crippen molar-refractivity contribution in [2.45, 2.75) is 13.3 Å². The SMILES string of the molecule is CCc1cc(C(=O)Nc2cc(F)cc(Cl)c2)cc(N)n1. The average Bonchev–Trinajstić information content (AvgIpc) is 2.36. The molecular formula is C14H13ClFN3O. The molecule has 2 rings (SSSR count). The van der Waals surface area contributed by atoms with Gasteiger partial charge in [0.2, 0.25) is 0 Å². The molecule has 0 radical (unpaired) electrons. The average molecular weight is 294 g/mol. The minimum atomic E-state index is -0.517. The highest BCUT2D eigenvalue weighted by molar-refractivity contribution is 6.31. The summed E-state index contributed by atoms with van der Waals surface area (Å²) in [5, 5.41) is 2.78. The number of nitrogen functional groups attached to an aromatic ring is 1. The summed E-state index contributed by atoms with van der Waals surface area (Å²) in [7, 11) is 0. The Morgan fingerprint density at radius 1 is 1.35 bits per heavy atom. The van der Waals surface area contributed by atoms with Crippen molar-refractivity contribution in [1.82, 2.24) is 4.98 Å². The first-order chi connectivity index (χ1) is 9.47. The number of hydrogen-bond acceptors (Lipinski definition) is 3. The van der Waals surface area contributed by atoms with Gasteiger partial charge < -0.3 is 11.1 Å². The zero-order valence-electron chi connectivity index (χ0n) is 10.8. The van der Waals surface area contributed by atoms with E-state index in [1.54, 1.807) is 6.07 Å². The third-order valence-corrected chi connectivity index (χ3v) is 2.86. The topological polar surface area (TPSA) is 68.0 Å². The van der Waals surface area contributed by atoms with Crippen molar-refractivity contribution in [1.29, 1.82) is 0 Å².